The zero-order chi connectivity index (χ0) is 19.2. The van der Waals surface area contributed by atoms with Gasteiger partial charge in [-0.15, -0.1) is 0 Å². The van der Waals surface area contributed by atoms with Gasteiger partial charge in [0.15, 0.2) is 5.65 Å². The molecule has 0 unspecified atom stereocenters. The lowest BCUT2D eigenvalue weighted by Gasteiger charge is -2.27. The lowest BCUT2D eigenvalue weighted by Crippen LogP contribution is -2.31. The number of alkyl halides is 3. The first-order valence-electron chi connectivity index (χ1n) is 8.37. The van der Waals surface area contributed by atoms with E-state index in [-0.39, 0.29) is 28.2 Å². The summed E-state index contributed by atoms with van der Waals surface area (Å²) in [6.07, 6.45) is -1.74. The van der Waals surface area contributed by atoms with E-state index in [1.165, 1.54) is 12.1 Å². The molecule has 0 aliphatic heterocycles. The molecule has 1 aliphatic carbocycles. The lowest BCUT2D eigenvalue weighted by molar-refractivity contribution is -0.141. The Labute approximate surface area is 156 Å². The SMILES string of the molecule is O=c1nc(NC2CCC2)c2ccc(C(F)(F)F)nc2n1-c1ccccc1Cl. The van der Waals surface area contributed by atoms with Crippen LogP contribution >= 0.6 is 11.6 Å². The molecule has 1 aliphatic rings. The summed E-state index contributed by atoms with van der Waals surface area (Å²) in [5.41, 5.74) is -1.75. The average molecular weight is 395 g/mol. The Morgan fingerprint density at radius 3 is 2.48 bits per heavy atom. The number of halogens is 4. The van der Waals surface area contributed by atoms with Crippen molar-refractivity contribution in [2.75, 3.05) is 5.32 Å². The minimum atomic E-state index is -4.64. The number of benzene rings is 1. The van der Waals surface area contributed by atoms with Crippen LogP contribution < -0.4 is 11.0 Å². The summed E-state index contributed by atoms with van der Waals surface area (Å²) >= 11 is 6.16. The number of hydrogen-bond acceptors (Lipinski definition) is 4. The summed E-state index contributed by atoms with van der Waals surface area (Å²) in [7, 11) is 0. The van der Waals surface area contributed by atoms with Crippen molar-refractivity contribution in [1.82, 2.24) is 14.5 Å². The fraction of sp³-hybridized carbons (Fsp3) is 0.278. The van der Waals surface area contributed by atoms with E-state index in [0.29, 0.717) is 5.39 Å². The van der Waals surface area contributed by atoms with Gasteiger partial charge in [0, 0.05) is 6.04 Å². The number of anilines is 1. The molecule has 3 aromatic rings. The molecule has 0 saturated heterocycles. The highest BCUT2D eigenvalue weighted by molar-refractivity contribution is 6.32. The van der Waals surface area contributed by atoms with Crippen molar-refractivity contribution in [3.8, 4) is 5.69 Å². The van der Waals surface area contributed by atoms with Crippen molar-refractivity contribution in [1.29, 1.82) is 0 Å². The summed E-state index contributed by atoms with van der Waals surface area (Å²) in [4.78, 5) is 20.5. The van der Waals surface area contributed by atoms with Gasteiger partial charge >= 0.3 is 11.9 Å². The molecule has 2 aromatic heterocycles. The first-order valence-corrected chi connectivity index (χ1v) is 8.75. The third kappa shape index (κ3) is 3.25. The molecule has 2 heterocycles. The maximum Gasteiger partial charge on any atom is 0.433 e. The molecule has 1 fully saturated rings. The maximum atomic E-state index is 13.2. The molecule has 1 saturated carbocycles. The number of aromatic nitrogens is 3. The molecule has 4 rings (SSSR count). The van der Waals surface area contributed by atoms with Gasteiger partial charge < -0.3 is 5.32 Å². The Balaban J connectivity index is 2.01. The molecular weight excluding hydrogens is 381 g/mol. The zero-order valence-corrected chi connectivity index (χ0v) is 14.7. The number of fused-ring (bicyclic) bond motifs is 1. The van der Waals surface area contributed by atoms with Gasteiger partial charge in [-0.1, -0.05) is 23.7 Å². The van der Waals surface area contributed by atoms with E-state index in [4.69, 9.17) is 11.6 Å². The Bertz CT molecular complexity index is 1080. The first-order chi connectivity index (χ1) is 12.8. The largest absolute Gasteiger partial charge is 0.433 e. The van der Waals surface area contributed by atoms with Crippen LogP contribution in [0.1, 0.15) is 25.0 Å². The minimum absolute atomic E-state index is 0.139. The number of hydrogen-bond donors (Lipinski definition) is 1. The third-order valence-corrected chi connectivity index (χ3v) is 4.89. The highest BCUT2D eigenvalue weighted by Crippen LogP contribution is 2.32. The number of rotatable bonds is 3. The average Bonchev–Trinajstić information content (AvgIpc) is 2.58. The number of para-hydroxylation sites is 1. The van der Waals surface area contributed by atoms with Gasteiger partial charge in [-0.05, 0) is 43.5 Å². The predicted octanol–water partition coefficient (Wildman–Crippen LogP) is 4.42. The van der Waals surface area contributed by atoms with E-state index in [1.54, 1.807) is 18.2 Å². The van der Waals surface area contributed by atoms with Crippen LogP contribution in [0.4, 0.5) is 19.0 Å². The van der Waals surface area contributed by atoms with Gasteiger partial charge in [0.2, 0.25) is 0 Å². The molecule has 140 valence electrons. The third-order valence-electron chi connectivity index (χ3n) is 4.57. The Kier molecular flexibility index (Phi) is 4.30. The van der Waals surface area contributed by atoms with Gasteiger partial charge in [-0.2, -0.15) is 18.2 Å². The van der Waals surface area contributed by atoms with Crippen LogP contribution in [-0.4, -0.2) is 20.6 Å². The molecule has 0 atom stereocenters. The normalized spacial score (nSPS) is 15.0. The van der Waals surface area contributed by atoms with Crippen LogP contribution in [0.2, 0.25) is 5.02 Å². The fourth-order valence-corrected chi connectivity index (χ4v) is 3.18. The second-order valence-corrected chi connectivity index (χ2v) is 6.77. The number of nitrogens with zero attached hydrogens (tertiary/aromatic N) is 3. The Morgan fingerprint density at radius 2 is 1.85 bits per heavy atom. The maximum absolute atomic E-state index is 13.2. The zero-order valence-electron chi connectivity index (χ0n) is 13.9. The quantitative estimate of drug-likeness (QED) is 0.714. The van der Waals surface area contributed by atoms with Crippen LogP contribution in [-0.2, 0) is 6.18 Å². The molecule has 0 amide bonds. The van der Waals surface area contributed by atoms with Gasteiger partial charge in [-0.25, -0.2) is 14.3 Å². The molecule has 1 aromatic carbocycles. The minimum Gasteiger partial charge on any atom is -0.367 e. The van der Waals surface area contributed by atoms with Crippen LogP contribution in [0.15, 0.2) is 41.2 Å². The fourth-order valence-electron chi connectivity index (χ4n) is 2.96. The Morgan fingerprint density at radius 1 is 1.11 bits per heavy atom. The molecule has 27 heavy (non-hydrogen) atoms. The molecule has 0 radical (unpaired) electrons. The van der Waals surface area contributed by atoms with Gasteiger partial charge in [0.05, 0.1) is 16.1 Å². The van der Waals surface area contributed by atoms with Crippen molar-refractivity contribution in [3.05, 3.63) is 57.6 Å². The molecule has 5 nitrogen and oxygen atoms in total. The molecular formula is C18H14ClF3N4O. The summed E-state index contributed by atoms with van der Waals surface area (Å²) in [5, 5.41) is 3.67. The topological polar surface area (TPSA) is 59.8 Å². The van der Waals surface area contributed by atoms with E-state index >= 15 is 0 Å². The van der Waals surface area contributed by atoms with Gasteiger partial charge in [0.1, 0.15) is 11.5 Å². The second kappa shape index (κ2) is 6.53. The predicted molar refractivity (Wildman–Crippen MR) is 96.4 cm³/mol. The van der Waals surface area contributed by atoms with Crippen LogP contribution in [0.5, 0.6) is 0 Å². The van der Waals surface area contributed by atoms with Crippen molar-refractivity contribution in [3.63, 3.8) is 0 Å². The van der Waals surface area contributed by atoms with Crippen molar-refractivity contribution >= 4 is 28.5 Å². The summed E-state index contributed by atoms with van der Waals surface area (Å²) in [6.45, 7) is 0. The monoisotopic (exact) mass is 394 g/mol. The smallest absolute Gasteiger partial charge is 0.367 e. The van der Waals surface area contributed by atoms with Crippen LogP contribution in [0.3, 0.4) is 0 Å². The molecule has 9 heteroatoms. The number of pyridine rings is 1. The van der Waals surface area contributed by atoms with Crippen molar-refractivity contribution < 1.29 is 13.2 Å². The summed E-state index contributed by atoms with van der Waals surface area (Å²) < 4.78 is 40.6. The van der Waals surface area contributed by atoms with Gasteiger partial charge in [-0.3, -0.25) is 0 Å². The van der Waals surface area contributed by atoms with E-state index in [1.807, 2.05) is 0 Å². The number of nitrogens with one attached hydrogen (secondary N) is 1. The molecule has 0 bridgehead atoms. The summed E-state index contributed by atoms with van der Waals surface area (Å²) in [5.74, 6) is 0.240. The van der Waals surface area contributed by atoms with Crippen LogP contribution in [0.25, 0.3) is 16.7 Å². The first kappa shape index (κ1) is 17.8. The summed E-state index contributed by atoms with van der Waals surface area (Å²) in [6, 6.07) is 8.69. The van der Waals surface area contributed by atoms with Crippen LogP contribution in [0, 0.1) is 0 Å². The van der Waals surface area contributed by atoms with E-state index in [2.05, 4.69) is 15.3 Å². The van der Waals surface area contributed by atoms with E-state index in [0.717, 1.165) is 29.9 Å². The highest BCUT2D eigenvalue weighted by atomic mass is 35.5. The lowest BCUT2D eigenvalue weighted by atomic mass is 9.93. The van der Waals surface area contributed by atoms with Gasteiger partial charge in [0.25, 0.3) is 0 Å². The van der Waals surface area contributed by atoms with E-state index < -0.39 is 17.6 Å². The van der Waals surface area contributed by atoms with Crippen molar-refractivity contribution in [2.24, 2.45) is 0 Å². The second-order valence-electron chi connectivity index (χ2n) is 6.37. The standard InChI is InChI=1S/C18H14ClF3N4O/c19-12-6-1-2-7-13(12)26-16-11(8-9-14(24-16)18(20,21)22)15(25-17(26)27)23-10-4-3-5-10/h1-2,6-10H,3-5H2,(H,23,25,27). The highest BCUT2D eigenvalue weighted by Gasteiger charge is 2.33. The van der Waals surface area contributed by atoms with E-state index in [9.17, 15) is 18.0 Å². The molecule has 0 spiro atoms. The molecule has 1 N–H and O–H groups in total. The Hall–Kier alpha value is -2.61. The van der Waals surface area contributed by atoms with Crippen molar-refractivity contribution in [2.45, 2.75) is 31.5 Å².